The fourth-order valence-corrected chi connectivity index (χ4v) is 3.51. The van der Waals surface area contributed by atoms with Gasteiger partial charge in [-0.05, 0) is 46.1 Å². The molecule has 3 heterocycles. The van der Waals surface area contributed by atoms with Gasteiger partial charge >= 0.3 is 0 Å². The van der Waals surface area contributed by atoms with Crippen molar-refractivity contribution in [3.63, 3.8) is 0 Å². The van der Waals surface area contributed by atoms with E-state index in [1.807, 2.05) is 13.1 Å². The van der Waals surface area contributed by atoms with Gasteiger partial charge in [-0.15, -0.1) is 0 Å². The Hall–Kier alpha value is -1.30. The van der Waals surface area contributed by atoms with Crippen molar-refractivity contribution in [1.82, 2.24) is 19.6 Å². The minimum atomic E-state index is 0.675. The second-order valence-electron chi connectivity index (χ2n) is 6.14. The standard InChI is InChI=1S/C16H24ClN5/c1-18-11-13-16(17)22-14(19-13)5-4-6-15(22)21-9-7-12(8-10-21)20(2)3/h4-6,12,18H,7-11H2,1-3H3. The molecule has 0 radical (unpaired) electrons. The van der Waals surface area contributed by atoms with Gasteiger partial charge in [0.25, 0.3) is 0 Å². The maximum absolute atomic E-state index is 6.56. The highest BCUT2D eigenvalue weighted by molar-refractivity contribution is 6.30. The summed E-state index contributed by atoms with van der Waals surface area (Å²) >= 11 is 6.56. The molecule has 1 aliphatic heterocycles. The fourth-order valence-electron chi connectivity index (χ4n) is 3.23. The number of pyridine rings is 1. The first-order valence-electron chi connectivity index (χ1n) is 7.83. The highest BCUT2D eigenvalue weighted by Gasteiger charge is 2.23. The van der Waals surface area contributed by atoms with E-state index >= 15 is 0 Å². The van der Waals surface area contributed by atoms with Gasteiger partial charge in [0.05, 0.1) is 5.69 Å². The van der Waals surface area contributed by atoms with Crippen LogP contribution in [0.3, 0.4) is 0 Å². The summed E-state index contributed by atoms with van der Waals surface area (Å²) in [5.41, 5.74) is 1.82. The van der Waals surface area contributed by atoms with Gasteiger partial charge in [-0.3, -0.25) is 4.40 Å². The van der Waals surface area contributed by atoms with Crippen molar-refractivity contribution in [2.75, 3.05) is 39.1 Å². The van der Waals surface area contributed by atoms with Crippen LogP contribution in [0.25, 0.3) is 5.65 Å². The average molecular weight is 322 g/mol. The van der Waals surface area contributed by atoms with E-state index in [-0.39, 0.29) is 0 Å². The maximum Gasteiger partial charge on any atom is 0.139 e. The normalized spacial score (nSPS) is 16.9. The van der Waals surface area contributed by atoms with Crippen molar-refractivity contribution in [2.45, 2.75) is 25.4 Å². The first-order valence-corrected chi connectivity index (χ1v) is 8.21. The first-order chi connectivity index (χ1) is 10.6. The SMILES string of the molecule is CNCc1nc2cccc(N3CCC(N(C)C)CC3)n2c1Cl. The minimum Gasteiger partial charge on any atom is -0.358 e. The molecular weight excluding hydrogens is 298 g/mol. The van der Waals surface area contributed by atoms with Gasteiger partial charge < -0.3 is 15.1 Å². The molecule has 0 unspecified atom stereocenters. The van der Waals surface area contributed by atoms with E-state index in [0.29, 0.717) is 12.6 Å². The Morgan fingerprint density at radius 3 is 2.68 bits per heavy atom. The molecule has 0 atom stereocenters. The third kappa shape index (κ3) is 2.81. The summed E-state index contributed by atoms with van der Waals surface area (Å²) in [5, 5.41) is 3.84. The minimum absolute atomic E-state index is 0.675. The number of rotatable bonds is 4. The Kier molecular flexibility index (Phi) is 4.57. The molecule has 22 heavy (non-hydrogen) atoms. The largest absolute Gasteiger partial charge is 0.358 e. The molecule has 3 rings (SSSR count). The third-order valence-corrected chi connectivity index (χ3v) is 4.88. The van der Waals surface area contributed by atoms with Crippen LogP contribution in [0.1, 0.15) is 18.5 Å². The zero-order valence-corrected chi connectivity index (χ0v) is 14.3. The van der Waals surface area contributed by atoms with Crippen molar-refractivity contribution in [3.8, 4) is 0 Å². The van der Waals surface area contributed by atoms with Crippen LogP contribution >= 0.6 is 11.6 Å². The molecule has 0 spiro atoms. The number of anilines is 1. The van der Waals surface area contributed by atoms with Gasteiger partial charge in [-0.2, -0.15) is 0 Å². The summed E-state index contributed by atoms with van der Waals surface area (Å²) in [6.07, 6.45) is 2.36. The summed E-state index contributed by atoms with van der Waals surface area (Å²) in [4.78, 5) is 9.38. The number of piperidine rings is 1. The number of nitrogens with zero attached hydrogens (tertiary/aromatic N) is 4. The lowest BCUT2D eigenvalue weighted by Gasteiger charge is -2.36. The smallest absolute Gasteiger partial charge is 0.139 e. The van der Waals surface area contributed by atoms with E-state index in [9.17, 15) is 0 Å². The number of hydrogen-bond acceptors (Lipinski definition) is 4. The molecule has 1 aliphatic rings. The summed E-state index contributed by atoms with van der Waals surface area (Å²) in [7, 11) is 6.24. The molecule has 0 bridgehead atoms. The van der Waals surface area contributed by atoms with Gasteiger partial charge in [0.2, 0.25) is 0 Å². The quantitative estimate of drug-likeness (QED) is 0.937. The molecule has 1 N–H and O–H groups in total. The first kappa shape index (κ1) is 15.6. The van der Waals surface area contributed by atoms with E-state index in [4.69, 9.17) is 11.6 Å². The van der Waals surface area contributed by atoms with Crippen LogP contribution < -0.4 is 10.2 Å². The molecule has 120 valence electrons. The molecule has 1 fully saturated rings. The predicted molar refractivity (Wildman–Crippen MR) is 91.9 cm³/mol. The van der Waals surface area contributed by atoms with E-state index in [1.165, 1.54) is 12.8 Å². The molecule has 0 saturated carbocycles. The van der Waals surface area contributed by atoms with Gasteiger partial charge in [-0.25, -0.2) is 4.98 Å². The molecule has 0 aliphatic carbocycles. The monoisotopic (exact) mass is 321 g/mol. The Bertz CT molecular complexity index is 643. The third-order valence-electron chi connectivity index (χ3n) is 4.50. The van der Waals surface area contributed by atoms with Gasteiger partial charge in [-0.1, -0.05) is 17.7 Å². The molecule has 0 amide bonds. The number of halogens is 1. The fraction of sp³-hybridized carbons (Fsp3) is 0.562. The van der Waals surface area contributed by atoms with E-state index in [1.54, 1.807) is 0 Å². The van der Waals surface area contributed by atoms with Crippen molar-refractivity contribution < 1.29 is 0 Å². The Morgan fingerprint density at radius 1 is 1.32 bits per heavy atom. The van der Waals surface area contributed by atoms with Crippen molar-refractivity contribution in [3.05, 3.63) is 29.0 Å². The number of hydrogen-bond donors (Lipinski definition) is 1. The van der Waals surface area contributed by atoms with Crippen LogP contribution in [-0.4, -0.2) is 54.6 Å². The van der Waals surface area contributed by atoms with Crippen LogP contribution in [-0.2, 0) is 6.54 Å². The topological polar surface area (TPSA) is 35.8 Å². The second kappa shape index (κ2) is 6.44. The van der Waals surface area contributed by atoms with E-state index < -0.39 is 0 Å². The van der Waals surface area contributed by atoms with E-state index in [0.717, 1.165) is 35.4 Å². The average Bonchev–Trinajstić information content (AvgIpc) is 2.84. The maximum atomic E-state index is 6.56. The van der Waals surface area contributed by atoms with Gasteiger partial charge in [0.1, 0.15) is 16.6 Å². The molecule has 1 saturated heterocycles. The molecule has 0 aromatic carbocycles. The number of fused-ring (bicyclic) bond motifs is 1. The number of imidazole rings is 1. The van der Waals surface area contributed by atoms with Gasteiger partial charge in [0, 0.05) is 25.7 Å². The Labute approximate surface area is 136 Å². The molecule has 2 aromatic rings. The summed E-state index contributed by atoms with van der Waals surface area (Å²) in [6.45, 7) is 2.79. The van der Waals surface area contributed by atoms with Crippen LogP contribution in [0, 0.1) is 0 Å². The molecule has 5 nitrogen and oxygen atoms in total. The van der Waals surface area contributed by atoms with Crippen LogP contribution in [0.15, 0.2) is 18.2 Å². The highest BCUT2D eigenvalue weighted by Crippen LogP contribution is 2.27. The van der Waals surface area contributed by atoms with Crippen molar-refractivity contribution in [2.24, 2.45) is 0 Å². The molecule has 2 aromatic heterocycles. The summed E-state index contributed by atoms with van der Waals surface area (Å²) in [6, 6.07) is 6.89. The second-order valence-corrected chi connectivity index (χ2v) is 6.50. The van der Waals surface area contributed by atoms with Gasteiger partial charge in [0.15, 0.2) is 0 Å². The number of aromatic nitrogens is 2. The van der Waals surface area contributed by atoms with Crippen LogP contribution in [0.4, 0.5) is 5.82 Å². The van der Waals surface area contributed by atoms with E-state index in [2.05, 4.69) is 50.7 Å². The molecule has 6 heteroatoms. The number of nitrogens with one attached hydrogen (secondary N) is 1. The Balaban J connectivity index is 1.91. The predicted octanol–water partition coefficient (Wildman–Crippen LogP) is 2.24. The zero-order valence-electron chi connectivity index (χ0n) is 13.5. The summed E-state index contributed by atoms with van der Waals surface area (Å²) in [5.74, 6) is 1.15. The summed E-state index contributed by atoms with van der Waals surface area (Å²) < 4.78 is 2.07. The lowest BCUT2D eigenvalue weighted by atomic mass is 10.0. The van der Waals surface area contributed by atoms with Crippen LogP contribution in [0.5, 0.6) is 0 Å². The van der Waals surface area contributed by atoms with Crippen molar-refractivity contribution in [1.29, 1.82) is 0 Å². The van der Waals surface area contributed by atoms with Crippen LogP contribution in [0.2, 0.25) is 5.15 Å². The van der Waals surface area contributed by atoms with Crippen molar-refractivity contribution >= 4 is 23.1 Å². The highest BCUT2D eigenvalue weighted by atomic mass is 35.5. The zero-order chi connectivity index (χ0) is 15.7. The lowest BCUT2D eigenvalue weighted by molar-refractivity contribution is 0.249. The Morgan fingerprint density at radius 2 is 2.05 bits per heavy atom. The molecular formula is C16H24ClN5. The lowest BCUT2D eigenvalue weighted by Crippen LogP contribution is -2.42.